The number of benzene rings is 1. The van der Waals surface area contributed by atoms with Gasteiger partial charge in [-0.15, -0.1) is 0 Å². The van der Waals surface area contributed by atoms with Gasteiger partial charge in [-0.05, 0) is 68.4 Å². The molecule has 11 heteroatoms. The first-order valence-corrected chi connectivity index (χ1v) is 13.4. The largest absolute Gasteiger partial charge is 0.463 e. The number of carbonyl (C=O) groups is 1. The molecular weight excluding hydrogens is 532 g/mol. The van der Waals surface area contributed by atoms with Crippen LogP contribution in [-0.4, -0.2) is 27.1 Å². The van der Waals surface area contributed by atoms with Gasteiger partial charge in [0.1, 0.15) is 5.76 Å². The van der Waals surface area contributed by atoms with Crippen LogP contribution in [0.4, 0.5) is 0 Å². The van der Waals surface area contributed by atoms with E-state index in [0.717, 1.165) is 11.3 Å². The van der Waals surface area contributed by atoms with Crippen LogP contribution in [0.2, 0.25) is 5.02 Å². The number of esters is 1. The molecule has 0 bridgehead atoms. The van der Waals surface area contributed by atoms with Gasteiger partial charge in [-0.1, -0.05) is 35.1 Å². The van der Waals surface area contributed by atoms with E-state index in [1.165, 1.54) is 27.7 Å². The summed E-state index contributed by atoms with van der Waals surface area (Å²) in [6.45, 7) is 5.59. The number of nitrogens with zero attached hydrogens (tertiary/aromatic N) is 4. The number of rotatable bonds is 6. The van der Waals surface area contributed by atoms with Gasteiger partial charge in [-0.3, -0.25) is 9.36 Å². The lowest BCUT2D eigenvalue weighted by atomic mass is 9.96. The van der Waals surface area contributed by atoms with E-state index in [-0.39, 0.29) is 12.2 Å². The van der Waals surface area contributed by atoms with Crippen LogP contribution < -0.4 is 14.9 Å². The maximum Gasteiger partial charge on any atom is 0.338 e. The number of ether oxygens (including phenoxy) is 1. The van der Waals surface area contributed by atoms with Gasteiger partial charge < -0.3 is 9.15 Å². The maximum absolute atomic E-state index is 13.7. The first-order valence-electron chi connectivity index (χ1n) is 11.4. The fourth-order valence-electron chi connectivity index (χ4n) is 3.91. The summed E-state index contributed by atoms with van der Waals surface area (Å²) in [4.78, 5) is 40.3. The number of hydrogen-bond acceptors (Lipinski definition) is 9. The average Bonchev–Trinajstić information content (AvgIpc) is 3.42. The minimum absolute atomic E-state index is 0.208. The quantitative estimate of drug-likeness (QED) is 0.260. The van der Waals surface area contributed by atoms with Crippen LogP contribution >= 0.6 is 34.7 Å². The molecule has 1 aliphatic heterocycles. The van der Waals surface area contributed by atoms with Crippen LogP contribution in [-0.2, 0) is 9.53 Å². The average molecular weight is 553 g/mol. The van der Waals surface area contributed by atoms with Crippen LogP contribution in [0.25, 0.3) is 6.08 Å². The minimum atomic E-state index is -0.698. The normalized spacial score (nSPS) is 15.5. The molecule has 0 aliphatic carbocycles. The number of carbonyl (C=O) groups excluding carboxylic acids is 1. The number of hydrogen-bond donors (Lipinski definition) is 0. The molecule has 0 saturated carbocycles. The molecule has 188 valence electrons. The van der Waals surface area contributed by atoms with Crippen LogP contribution in [0.15, 0.2) is 84.4 Å². The predicted molar refractivity (Wildman–Crippen MR) is 141 cm³/mol. The molecule has 1 aromatic carbocycles. The van der Waals surface area contributed by atoms with E-state index in [2.05, 4.69) is 15.0 Å². The standard InChI is InChI=1S/C26H21ClN4O4S2/c1-4-34-24(33)21-15(3)30-26-31(22(21)16-5-7-17(27)8-6-16)23(32)19(36-26)13-18-9-10-20(35-18)37-25-28-12-11-14(2)29-25/h5-13,22H,4H2,1-3H3/b19-13+/t22-/m1/s1. The Hall–Kier alpha value is -3.47. The molecular formula is C26H21ClN4O4S2. The van der Waals surface area contributed by atoms with Crippen LogP contribution in [0.5, 0.6) is 0 Å². The van der Waals surface area contributed by atoms with Crippen molar-refractivity contribution in [3.63, 3.8) is 0 Å². The molecule has 1 atom stereocenters. The number of furan rings is 1. The van der Waals surface area contributed by atoms with E-state index in [0.29, 0.717) is 41.6 Å². The Balaban J connectivity index is 1.57. The summed E-state index contributed by atoms with van der Waals surface area (Å²) in [5.41, 5.74) is 2.12. The van der Waals surface area contributed by atoms with E-state index in [9.17, 15) is 9.59 Å². The second-order valence-electron chi connectivity index (χ2n) is 8.09. The zero-order valence-electron chi connectivity index (χ0n) is 20.1. The van der Waals surface area contributed by atoms with Crippen LogP contribution in [0.3, 0.4) is 0 Å². The summed E-state index contributed by atoms with van der Waals surface area (Å²) in [5, 5.41) is 1.73. The third-order valence-corrected chi connectivity index (χ3v) is 7.58. The lowest BCUT2D eigenvalue weighted by Crippen LogP contribution is -2.39. The van der Waals surface area contributed by atoms with E-state index in [4.69, 9.17) is 20.8 Å². The second kappa shape index (κ2) is 10.5. The highest BCUT2D eigenvalue weighted by Crippen LogP contribution is 2.31. The Kier molecular flexibility index (Phi) is 7.14. The van der Waals surface area contributed by atoms with Crippen molar-refractivity contribution < 1.29 is 13.9 Å². The summed E-state index contributed by atoms with van der Waals surface area (Å²) in [5.74, 6) is -0.00570. The lowest BCUT2D eigenvalue weighted by molar-refractivity contribution is -0.139. The topological polar surface area (TPSA) is 99.6 Å². The number of aromatic nitrogens is 3. The van der Waals surface area contributed by atoms with Crippen molar-refractivity contribution in [3.05, 3.63) is 102 Å². The Morgan fingerprint density at radius 2 is 2.00 bits per heavy atom. The minimum Gasteiger partial charge on any atom is -0.463 e. The van der Waals surface area contributed by atoms with Crippen molar-refractivity contribution in [2.45, 2.75) is 37.1 Å². The van der Waals surface area contributed by atoms with Crippen molar-refractivity contribution in [3.8, 4) is 0 Å². The van der Waals surface area contributed by atoms with Gasteiger partial charge in [0.2, 0.25) is 0 Å². The zero-order chi connectivity index (χ0) is 26.1. The molecule has 4 heterocycles. The smallest absolute Gasteiger partial charge is 0.338 e. The third kappa shape index (κ3) is 5.18. The van der Waals surface area contributed by atoms with Crippen molar-refractivity contribution >= 4 is 46.7 Å². The molecule has 0 radical (unpaired) electrons. The maximum atomic E-state index is 13.7. The fourth-order valence-corrected chi connectivity index (χ4v) is 5.82. The number of allylic oxidation sites excluding steroid dienone is 1. The van der Waals surface area contributed by atoms with E-state index in [1.807, 2.05) is 13.0 Å². The Morgan fingerprint density at radius 3 is 2.73 bits per heavy atom. The van der Waals surface area contributed by atoms with Gasteiger partial charge in [0, 0.05) is 23.0 Å². The molecule has 0 fully saturated rings. The number of aryl methyl sites for hydroxylation is 1. The predicted octanol–water partition coefficient (Wildman–Crippen LogP) is 4.29. The van der Waals surface area contributed by atoms with Crippen molar-refractivity contribution in [1.29, 1.82) is 0 Å². The zero-order valence-corrected chi connectivity index (χ0v) is 22.5. The van der Waals surface area contributed by atoms with Crippen molar-refractivity contribution in [2.75, 3.05) is 6.61 Å². The number of halogens is 1. The number of thiazole rings is 1. The summed E-state index contributed by atoms with van der Waals surface area (Å²) in [6.07, 6.45) is 3.37. The summed E-state index contributed by atoms with van der Waals surface area (Å²) in [6, 6.07) is 11.8. The highest BCUT2D eigenvalue weighted by atomic mass is 35.5. The summed E-state index contributed by atoms with van der Waals surface area (Å²) >= 11 is 8.63. The van der Waals surface area contributed by atoms with Gasteiger partial charge >= 0.3 is 5.97 Å². The van der Waals surface area contributed by atoms with Gasteiger partial charge in [-0.25, -0.2) is 19.8 Å². The van der Waals surface area contributed by atoms with Gasteiger partial charge in [0.25, 0.3) is 5.56 Å². The third-order valence-electron chi connectivity index (χ3n) is 5.54. The molecule has 3 aromatic heterocycles. The number of fused-ring (bicyclic) bond motifs is 1. The van der Waals surface area contributed by atoms with Gasteiger partial charge in [-0.2, -0.15) is 0 Å². The van der Waals surface area contributed by atoms with Crippen molar-refractivity contribution in [1.82, 2.24) is 14.5 Å². The highest BCUT2D eigenvalue weighted by molar-refractivity contribution is 7.99. The molecule has 0 spiro atoms. The highest BCUT2D eigenvalue weighted by Gasteiger charge is 2.33. The molecule has 1 aliphatic rings. The fraction of sp³-hybridized carbons (Fsp3) is 0.192. The summed E-state index contributed by atoms with van der Waals surface area (Å²) < 4.78 is 13.2. The van der Waals surface area contributed by atoms with Gasteiger partial charge in [0.15, 0.2) is 15.1 Å². The second-order valence-corrected chi connectivity index (χ2v) is 10.5. The molecule has 0 saturated heterocycles. The molecule has 8 nitrogen and oxygen atoms in total. The molecule has 0 unspecified atom stereocenters. The van der Waals surface area contributed by atoms with Crippen LogP contribution in [0, 0.1) is 6.92 Å². The van der Waals surface area contributed by atoms with E-state index < -0.39 is 12.0 Å². The van der Waals surface area contributed by atoms with Gasteiger partial charge in [0.05, 0.1) is 28.5 Å². The summed E-state index contributed by atoms with van der Waals surface area (Å²) in [7, 11) is 0. The lowest BCUT2D eigenvalue weighted by Gasteiger charge is -2.24. The molecule has 37 heavy (non-hydrogen) atoms. The SMILES string of the molecule is CCOC(=O)C1=C(C)N=c2s/c(=C/c3ccc(Sc4nccc(C)n4)o3)c(=O)n2[C@@H]1c1ccc(Cl)cc1. The Bertz CT molecular complexity index is 1700. The van der Waals surface area contributed by atoms with Crippen molar-refractivity contribution in [2.24, 2.45) is 4.99 Å². The molecule has 0 N–H and O–H groups in total. The van der Waals surface area contributed by atoms with Crippen LogP contribution in [0.1, 0.15) is 36.9 Å². The van der Waals surface area contributed by atoms with E-state index >= 15 is 0 Å². The van der Waals surface area contributed by atoms with E-state index in [1.54, 1.807) is 62.5 Å². The molecule has 4 aromatic rings. The first kappa shape index (κ1) is 25.2. The molecule has 0 amide bonds. The molecule has 5 rings (SSSR count). The first-order chi connectivity index (χ1) is 17.8. The Morgan fingerprint density at radius 1 is 1.22 bits per heavy atom. The monoisotopic (exact) mass is 552 g/mol. The Labute approximate surface area is 225 Å².